The highest BCUT2D eigenvalue weighted by molar-refractivity contribution is 7.89. The molecule has 10 nitrogen and oxygen atoms in total. The molecule has 0 amide bonds. The first-order valence-electron chi connectivity index (χ1n) is 14.4. The number of likely N-dealkylation sites (N-methyl/N-ethyl adjacent to an activating group) is 1. The van der Waals surface area contributed by atoms with E-state index in [4.69, 9.17) is 31.5 Å². The van der Waals surface area contributed by atoms with E-state index in [1.54, 1.807) is 24.3 Å². The van der Waals surface area contributed by atoms with Crippen molar-refractivity contribution in [3.63, 3.8) is 0 Å². The Kier molecular flexibility index (Phi) is 11.6. The number of nitrogens with zero attached hydrogens (tertiary/aromatic N) is 3. The number of ether oxygens (including phenoxy) is 3. The van der Waals surface area contributed by atoms with Gasteiger partial charge in [-0.25, -0.2) is 13.1 Å². The van der Waals surface area contributed by atoms with Crippen molar-refractivity contribution in [3.8, 4) is 11.8 Å². The third kappa shape index (κ3) is 8.01. The number of sulfonamides is 1. The molecule has 2 aromatic rings. The van der Waals surface area contributed by atoms with Crippen molar-refractivity contribution in [2.45, 2.75) is 49.3 Å². The lowest BCUT2D eigenvalue weighted by molar-refractivity contribution is 0.0378. The molecule has 1 saturated heterocycles. The molecule has 0 radical (unpaired) electrons. The Morgan fingerprint density at radius 3 is 2.62 bits per heavy atom. The molecule has 1 aliphatic carbocycles. The first-order chi connectivity index (χ1) is 20.1. The standard InChI is InChI=1S/C30H42ClN5O5S/c1-21-15-25(42(37,38)34-9-12-40-14-13-39-11-8-32)6-7-29(21)41-30-27-17-23(31)16-22(19-33)26(27)18-28(30)36-10-4-5-24(20-36)35(2)3/h6-7,15-17,24,28,30,34H,4-5,8-14,18,20,32H2,1-3H3/t24-,28+,30+/m1/s1. The van der Waals surface area contributed by atoms with Crippen LogP contribution in [0.25, 0.3) is 0 Å². The smallest absolute Gasteiger partial charge is 0.240 e. The van der Waals surface area contributed by atoms with Crippen molar-refractivity contribution >= 4 is 21.6 Å². The maximum Gasteiger partial charge on any atom is 0.240 e. The van der Waals surface area contributed by atoms with Gasteiger partial charge in [0, 0.05) is 30.7 Å². The fraction of sp³-hybridized carbons (Fsp3) is 0.567. The molecule has 1 heterocycles. The number of nitrogens with one attached hydrogen (secondary N) is 1. The van der Waals surface area contributed by atoms with Crippen LogP contribution >= 0.6 is 11.6 Å². The molecule has 1 aliphatic heterocycles. The molecule has 42 heavy (non-hydrogen) atoms. The number of aryl methyl sites for hydroxylation is 1. The highest BCUT2D eigenvalue weighted by Gasteiger charge is 2.41. The average molecular weight is 620 g/mol. The number of piperidine rings is 1. The van der Waals surface area contributed by atoms with Gasteiger partial charge >= 0.3 is 0 Å². The van der Waals surface area contributed by atoms with Gasteiger partial charge in [0.05, 0.1) is 49.0 Å². The molecule has 1 fully saturated rings. The molecule has 0 aromatic heterocycles. The van der Waals surface area contributed by atoms with E-state index in [1.165, 1.54) is 0 Å². The molecule has 0 unspecified atom stereocenters. The highest BCUT2D eigenvalue weighted by atomic mass is 35.5. The van der Waals surface area contributed by atoms with Crippen molar-refractivity contribution in [1.29, 1.82) is 5.26 Å². The Bertz CT molecular complexity index is 1370. The van der Waals surface area contributed by atoms with Crippen molar-refractivity contribution in [2.24, 2.45) is 5.73 Å². The maximum absolute atomic E-state index is 12.9. The maximum atomic E-state index is 12.9. The molecule has 4 rings (SSSR count). The van der Waals surface area contributed by atoms with Crippen LogP contribution in [0.5, 0.6) is 5.75 Å². The Balaban J connectivity index is 1.49. The minimum absolute atomic E-state index is 0.0264. The van der Waals surface area contributed by atoms with Crippen LogP contribution in [0.15, 0.2) is 35.2 Å². The first kappa shape index (κ1) is 32.6. The number of halogens is 1. The number of likely N-dealkylation sites (tertiary alicyclic amines) is 1. The summed E-state index contributed by atoms with van der Waals surface area (Å²) < 4.78 is 45.8. The largest absolute Gasteiger partial charge is 0.484 e. The molecule has 0 saturated carbocycles. The van der Waals surface area contributed by atoms with Crippen LogP contribution in [0.4, 0.5) is 0 Å². The van der Waals surface area contributed by atoms with Gasteiger partial charge in [-0.3, -0.25) is 4.90 Å². The van der Waals surface area contributed by atoms with Gasteiger partial charge in [-0.2, -0.15) is 5.26 Å². The summed E-state index contributed by atoms with van der Waals surface area (Å²) in [6, 6.07) is 11.3. The predicted molar refractivity (Wildman–Crippen MR) is 162 cm³/mol. The van der Waals surface area contributed by atoms with E-state index in [0.717, 1.165) is 37.1 Å². The summed E-state index contributed by atoms with van der Waals surface area (Å²) in [7, 11) is 0.488. The zero-order valence-electron chi connectivity index (χ0n) is 24.6. The number of fused-ring (bicyclic) bond motifs is 1. The number of hydrogen-bond acceptors (Lipinski definition) is 9. The normalized spacial score (nSPS) is 20.9. The van der Waals surface area contributed by atoms with Crippen molar-refractivity contribution in [3.05, 3.63) is 57.6 Å². The Labute approximate surface area is 254 Å². The van der Waals surface area contributed by atoms with Gasteiger partial charge < -0.3 is 24.8 Å². The number of benzene rings is 2. The summed E-state index contributed by atoms with van der Waals surface area (Å²) in [4.78, 5) is 4.89. The van der Waals surface area contributed by atoms with E-state index >= 15 is 0 Å². The summed E-state index contributed by atoms with van der Waals surface area (Å²) in [5.41, 5.74) is 8.54. The topological polar surface area (TPSA) is 130 Å². The van der Waals surface area contributed by atoms with Crippen molar-refractivity contribution in [1.82, 2.24) is 14.5 Å². The summed E-state index contributed by atoms with van der Waals surface area (Å²) in [6.45, 7) is 5.76. The SMILES string of the molecule is Cc1cc(S(=O)(=O)NCCOCCOCCN)ccc1O[C@H]1c2cc(Cl)cc(C#N)c2C[C@@H]1N1CCC[C@@H](N(C)C)C1. The second-order valence-corrected chi connectivity index (χ2v) is 13.2. The highest BCUT2D eigenvalue weighted by Crippen LogP contribution is 2.42. The minimum atomic E-state index is -3.73. The predicted octanol–water partition coefficient (Wildman–Crippen LogP) is 2.86. The zero-order chi connectivity index (χ0) is 30.3. The van der Waals surface area contributed by atoms with Crippen LogP contribution in [0.2, 0.25) is 5.02 Å². The monoisotopic (exact) mass is 619 g/mol. The van der Waals surface area contributed by atoms with E-state index < -0.39 is 10.0 Å². The second-order valence-electron chi connectivity index (χ2n) is 11.0. The fourth-order valence-electron chi connectivity index (χ4n) is 5.73. The molecule has 3 N–H and O–H groups in total. The molecule has 0 bridgehead atoms. The minimum Gasteiger partial charge on any atom is -0.484 e. The first-order valence-corrected chi connectivity index (χ1v) is 16.3. The Hall–Kier alpha value is -2.27. The van der Waals surface area contributed by atoms with E-state index in [9.17, 15) is 13.7 Å². The summed E-state index contributed by atoms with van der Waals surface area (Å²) in [5.74, 6) is 0.595. The van der Waals surface area contributed by atoms with Crippen molar-refractivity contribution < 1.29 is 22.6 Å². The van der Waals surface area contributed by atoms with Crippen LogP contribution < -0.4 is 15.2 Å². The fourth-order valence-corrected chi connectivity index (χ4v) is 7.05. The van der Waals surface area contributed by atoms with Gasteiger partial charge in [0.1, 0.15) is 11.9 Å². The zero-order valence-corrected chi connectivity index (χ0v) is 26.2. The lowest BCUT2D eigenvalue weighted by atomic mass is 10.0. The number of nitrogens with two attached hydrogens (primary N) is 1. The van der Waals surface area contributed by atoms with E-state index in [2.05, 4.69) is 34.7 Å². The second kappa shape index (κ2) is 14.9. The molecular formula is C30H42ClN5O5S. The van der Waals surface area contributed by atoms with E-state index in [0.29, 0.717) is 60.7 Å². The molecular weight excluding hydrogens is 578 g/mol. The van der Waals surface area contributed by atoms with Crippen LogP contribution in [0.1, 0.15) is 41.2 Å². The number of rotatable bonds is 14. The van der Waals surface area contributed by atoms with Gasteiger partial charge in [0.2, 0.25) is 10.0 Å². The quantitative estimate of drug-likeness (QED) is 0.307. The molecule has 230 valence electrons. The van der Waals surface area contributed by atoms with Gasteiger partial charge in [-0.05, 0) is 93.8 Å². The Morgan fingerprint density at radius 2 is 1.93 bits per heavy atom. The molecule has 3 atom stereocenters. The van der Waals surface area contributed by atoms with Crippen LogP contribution in [0.3, 0.4) is 0 Å². The average Bonchev–Trinajstić information content (AvgIpc) is 3.32. The molecule has 12 heteroatoms. The summed E-state index contributed by atoms with van der Waals surface area (Å²) in [6.07, 6.45) is 2.57. The Morgan fingerprint density at radius 1 is 1.17 bits per heavy atom. The lowest BCUT2D eigenvalue weighted by Gasteiger charge is -2.41. The molecule has 0 spiro atoms. The van der Waals surface area contributed by atoms with Crippen LogP contribution in [0, 0.1) is 18.3 Å². The third-order valence-corrected chi connectivity index (χ3v) is 9.63. The molecule has 2 aromatic carbocycles. The molecule has 2 aliphatic rings. The van der Waals surface area contributed by atoms with Gasteiger partial charge in [0.15, 0.2) is 0 Å². The third-order valence-electron chi connectivity index (χ3n) is 7.95. The number of hydrogen-bond donors (Lipinski definition) is 2. The van der Waals surface area contributed by atoms with Gasteiger partial charge in [-0.1, -0.05) is 11.6 Å². The van der Waals surface area contributed by atoms with Crippen LogP contribution in [-0.2, 0) is 25.9 Å². The van der Waals surface area contributed by atoms with E-state index in [-0.39, 0.29) is 30.2 Å². The van der Waals surface area contributed by atoms with Crippen LogP contribution in [-0.4, -0.2) is 97.0 Å². The van der Waals surface area contributed by atoms with Crippen molar-refractivity contribution in [2.75, 3.05) is 66.7 Å². The van der Waals surface area contributed by atoms with E-state index in [1.807, 2.05) is 13.0 Å². The summed E-state index contributed by atoms with van der Waals surface area (Å²) >= 11 is 6.45. The lowest BCUT2D eigenvalue weighted by Crippen LogP contribution is -2.51. The number of nitriles is 1. The van der Waals surface area contributed by atoms with Gasteiger partial charge in [0.25, 0.3) is 0 Å². The summed E-state index contributed by atoms with van der Waals surface area (Å²) in [5, 5.41) is 10.4. The van der Waals surface area contributed by atoms with Gasteiger partial charge in [-0.15, -0.1) is 0 Å².